The molecule has 1 aromatic heterocycles. The molecule has 144 valence electrons. The molecular weight excluding hydrogens is 372 g/mol. The molecule has 1 heterocycles. The van der Waals surface area contributed by atoms with E-state index in [1.54, 1.807) is 0 Å². The summed E-state index contributed by atoms with van der Waals surface area (Å²) in [5.41, 5.74) is 4.94. The normalized spacial score (nSPS) is 10.7. The Balaban J connectivity index is 1.80. The van der Waals surface area contributed by atoms with Gasteiger partial charge in [0.05, 0.1) is 13.0 Å². The van der Waals surface area contributed by atoms with Crippen LogP contribution in [0.1, 0.15) is 36.4 Å². The molecule has 0 fully saturated rings. The second-order valence-corrected chi connectivity index (χ2v) is 6.95. The molecule has 0 radical (unpaired) electrons. The molecule has 0 amide bonds. The van der Waals surface area contributed by atoms with Gasteiger partial charge in [-0.15, -0.1) is 0 Å². The molecule has 0 aliphatic carbocycles. The fourth-order valence-electron chi connectivity index (χ4n) is 2.95. The molecular formula is C23H23ClN2O2. The minimum absolute atomic E-state index is 0.204. The van der Waals surface area contributed by atoms with Crippen molar-refractivity contribution in [3.8, 4) is 11.4 Å². The number of hydrogen-bond acceptors (Lipinski definition) is 4. The highest BCUT2D eigenvalue weighted by atomic mass is 35.5. The second kappa shape index (κ2) is 9.47. The Bertz CT molecular complexity index is 955. The van der Waals surface area contributed by atoms with E-state index in [0.29, 0.717) is 30.3 Å². The molecule has 0 saturated carbocycles. The number of carbonyl (C=O) groups is 1. The topological polar surface area (TPSA) is 52.1 Å². The lowest BCUT2D eigenvalue weighted by Crippen LogP contribution is -2.07. The molecule has 0 aliphatic rings. The van der Waals surface area contributed by atoms with E-state index in [4.69, 9.17) is 21.3 Å². The zero-order valence-electron chi connectivity index (χ0n) is 16.1. The summed E-state index contributed by atoms with van der Waals surface area (Å²) >= 11 is 6.12. The molecule has 3 aromatic rings. The van der Waals surface area contributed by atoms with Gasteiger partial charge in [0.15, 0.2) is 5.82 Å². The van der Waals surface area contributed by atoms with Crippen molar-refractivity contribution in [3.05, 3.63) is 82.1 Å². The fourth-order valence-corrected chi connectivity index (χ4v) is 3.14. The van der Waals surface area contributed by atoms with E-state index >= 15 is 0 Å². The van der Waals surface area contributed by atoms with Crippen LogP contribution in [-0.4, -0.2) is 22.5 Å². The van der Waals surface area contributed by atoms with Crippen molar-refractivity contribution in [2.45, 2.75) is 33.1 Å². The van der Waals surface area contributed by atoms with E-state index in [-0.39, 0.29) is 5.97 Å². The minimum atomic E-state index is -0.204. The molecule has 3 rings (SSSR count). The van der Waals surface area contributed by atoms with Gasteiger partial charge in [0.25, 0.3) is 0 Å². The molecule has 0 bridgehead atoms. The number of rotatable bonds is 7. The van der Waals surface area contributed by atoms with E-state index in [9.17, 15) is 4.79 Å². The summed E-state index contributed by atoms with van der Waals surface area (Å²) in [6.45, 7) is 4.29. The number of nitrogens with zero attached hydrogens (tertiary/aromatic N) is 2. The van der Waals surface area contributed by atoms with E-state index in [1.165, 1.54) is 0 Å². The average Bonchev–Trinajstić information content (AvgIpc) is 2.69. The number of ether oxygens (including phenoxy) is 1. The van der Waals surface area contributed by atoms with Crippen LogP contribution < -0.4 is 0 Å². The summed E-state index contributed by atoms with van der Waals surface area (Å²) in [6.07, 6.45) is 1.82. The lowest BCUT2D eigenvalue weighted by Gasteiger charge is -2.09. The van der Waals surface area contributed by atoms with Crippen LogP contribution in [0.5, 0.6) is 0 Å². The Kier molecular flexibility index (Phi) is 6.77. The Labute approximate surface area is 170 Å². The Morgan fingerprint density at radius 3 is 2.36 bits per heavy atom. The zero-order valence-corrected chi connectivity index (χ0v) is 16.9. The average molecular weight is 395 g/mol. The number of hydrogen-bond donors (Lipinski definition) is 0. The Morgan fingerprint density at radius 2 is 1.68 bits per heavy atom. The van der Waals surface area contributed by atoms with Gasteiger partial charge < -0.3 is 4.74 Å². The number of aryl methyl sites for hydroxylation is 1. The van der Waals surface area contributed by atoms with Crippen LogP contribution in [-0.2, 0) is 28.8 Å². The summed E-state index contributed by atoms with van der Waals surface area (Å²) in [5.74, 6) is 0.487. The fraction of sp³-hybridized carbons (Fsp3) is 0.261. The molecule has 0 unspecified atom stereocenters. The first-order valence-electron chi connectivity index (χ1n) is 9.43. The van der Waals surface area contributed by atoms with Gasteiger partial charge in [-0.25, -0.2) is 9.97 Å². The maximum Gasteiger partial charge on any atom is 0.310 e. The first kappa shape index (κ1) is 20.0. The van der Waals surface area contributed by atoms with Gasteiger partial charge >= 0.3 is 5.97 Å². The first-order chi connectivity index (χ1) is 13.6. The van der Waals surface area contributed by atoms with Crippen LogP contribution in [0.3, 0.4) is 0 Å². The summed E-state index contributed by atoms with van der Waals surface area (Å²) in [4.78, 5) is 21.0. The zero-order chi connectivity index (χ0) is 19.9. The SMILES string of the molecule is CCOC(=O)Cc1ccc(Cc2cc(CC)nc(-c3cccc(Cl)c3)n2)cc1. The quantitative estimate of drug-likeness (QED) is 0.526. The van der Waals surface area contributed by atoms with Gasteiger partial charge in [-0.1, -0.05) is 54.9 Å². The van der Waals surface area contributed by atoms with Crippen molar-refractivity contribution in [2.24, 2.45) is 0 Å². The Morgan fingerprint density at radius 1 is 0.964 bits per heavy atom. The second-order valence-electron chi connectivity index (χ2n) is 6.51. The molecule has 0 spiro atoms. The lowest BCUT2D eigenvalue weighted by atomic mass is 10.0. The van der Waals surface area contributed by atoms with Gasteiger partial charge in [0.1, 0.15) is 0 Å². The predicted octanol–water partition coefficient (Wildman–Crippen LogP) is 5.06. The van der Waals surface area contributed by atoms with Crippen molar-refractivity contribution in [1.29, 1.82) is 0 Å². The smallest absolute Gasteiger partial charge is 0.310 e. The van der Waals surface area contributed by atoms with Crippen LogP contribution in [0.2, 0.25) is 5.02 Å². The van der Waals surface area contributed by atoms with Crippen molar-refractivity contribution in [3.63, 3.8) is 0 Å². The van der Waals surface area contributed by atoms with Gasteiger partial charge in [0.2, 0.25) is 0 Å². The summed E-state index contributed by atoms with van der Waals surface area (Å²) < 4.78 is 5.00. The van der Waals surface area contributed by atoms with E-state index in [1.807, 2.05) is 61.5 Å². The van der Waals surface area contributed by atoms with Crippen molar-refractivity contribution < 1.29 is 9.53 Å². The van der Waals surface area contributed by atoms with Gasteiger partial charge in [-0.2, -0.15) is 0 Å². The number of benzene rings is 2. The van der Waals surface area contributed by atoms with Gasteiger partial charge in [-0.05, 0) is 42.7 Å². The molecule has 4 nitrogen and oxygen atoms in total. The highest BCUT2D eigenvalue weighted by Crippen LogP contribution is 2.21. The van der Waals surface area contributed by atoms with Crippen LogP contribution in [0, 0.1) is 0 Å². The maximum absolute atomic E-state index is 11.6. The number of esters is 1. The Hall–Kier alpha value is -2.72. The molecule has 0 atom stereocenters. The first-order valence-corrected chi connectivity index (χ1v) is 9.81. The van der Waals surface area contributed by atoms with E-state index in [0.717, 1.165) is 34.5 Å². The van der Waals surface area contributed by atoms with Crippen molar-refractivity contribution >= 4 is 17.6 Å². The third kappa shape index (κ3) is 5.40. The van der Waals surface area contributed by atoms with Crippen LogP contribution >= 0.6 is 11.6 Å². The number of carbonyl (C=O) groups excluding carboxylic acids is 1. The molecule has 0 saturated heterocycles. The minimum Gasteiger partial charge on any atom is -0.466 e. The third-order valence-corrected chi connectivity index (χ3v) is 4.57. The molecule has 28 heavy (non-hydrogen) atoms. The summed E-state index contributed by atoms with van der Waals surface area (Å²) in [5, 5.41) is 0.668. The molecule has 2 aromatic carbocycles. The predicted molar refractivity (Wildman–Crippen MR) is 111 cm³/mol. The monoisotopic (exact) mass is 394 g/mol. The van der Waals surface area contributed by atoms with E-state index < -0.39 is 0 Å². The van der Waals surface area contributed by atoms with E-state index in [2.05, 4.69) is 11.9 Å². The molecule has 5 heteroatoms. The molecule has 0 N–H and O–H groups in total. The highest BCUT2D eigenvalue weighted by molar-refractivity contribution is 6.30. The van der Waals surface area contributed by atoms with Crippen LogP contribution in [0.15, 0.2) is 54.6 Å². The summed E-state index contributed by atoms with van der Waals surface area (Å²) in [7, 11) is 0. The largest absolute Gasteiger partial charge is 0.466 e. The third-order valence-electron chi connectivity index (χ3n) is 4.34. The standard InChI is InChI=1S/C23H23ClN2O2/c1-3-20-15-21(26-23(25-20)18-6-5-7-19(24)14-18)12-16-8-10-17(11-9-16)13-22(27)28-4-2/h5-11,14-15H,3-4,12-13H2,1-2H3. The van der Waals surface area contributed by atoms with Crippen LogP contribution in [0.25, 0.3) is 11.4 Å². The van der Waals surface area contributed by atoms with Gasteiger partial charge in [0, 0.05) is 28.4 Å². The van der Waals surface area contributed by atoms with Crippen molar-refractivity contribution in [1.82, 2.24) is 9.97 Å². The number of halogens is 1. The van der Waals surface area contributed by atoms with Crippen molar-refractivity contribution in [2.75, 3.05) is 6.61 Å². The number of aromatic nitrogens is 2. The maximum atomic E-state index is 11.6. The highest BCUT2D eigenvalue weighted by Gasteiger charge is 2.09. The lowest BCUT2D eigenvalue weighted by molar-refractivity contribution is -0.142. The summed E-state index contributed by atoms with van der Waals surface area (Å²) in [6, 6.07) is 17.6. The molecule has 0 aliphatic heterocycles. The van der Waals surface area contributed by atoms with Crippen LogP contribution in [0.4, 0.5) is 0 Å². The van der Waals surface area contributed by atoms with Gasteiger partial charge in [-0.3, -0.25) is 4.79 Å².